The highest BCUT2D eigenvalue weighted by Crippen LogP contribution is 2.17. The van der Waals surface area contributed by atoms with E-state index in [9.17, 15) is 4.79 Å². The van der Waals surface area contributed by atoms with Crippen LogP contribution in [0.15, 0.2) is 12.2 Å². The van der Waals surface area contributed by atoms with Gasteiger partial charge >= 0.3 is 0 Å². The van der Waals surface area contributed by atoms with Crippen molar-refractivity contribution < 1.29 is 4.79 Å². The van der Waals surface area contributed by atoms with Crippen molar-refractivity contribution in [1.29, 1.82) is 0 Å². The first-order valence-corrected chi connectivity index (χ1v) is 4.64. The monoisotopic (exact) mass is 167 g/mol. The molecule has 1 aliphatic carbocycles. The van der Waals surface area contributed by atoms with Gasteiger partial charge in [-0.15, -0.1) is 0 Å². The molecular weight excluding hydrogens is 150 g/mol. The lowest BCUT2D eigenvalue weighted by molar-refractivity contribution is -0.117. The van der Waals surface area contributed by atoms with Gasteiger partial charge in [-0.1, -0.05) is 19.9 Å². The van der Waals surface area contributed by atoms with Gasteiger partial charge in [0.05, 0.1) is 0 Å². The molecule has 0 radical (unpaired) electrons. The lowest BCUT2D eigenvalue weighted by Crippen LogP contribution is -2.16. The molecule has 2 heteroatoms. The molecule has 0 aliphatic heterocycles. The third-order valence-electron chi connectivity index (χ3n) is 1.95. The van der Waals surface area contributed by atoms with Crippen LogP contribution in [-0.2, 0) is 4.79 Å². The summed E-state index contributed by atoms with van der Waals surface area (Å²) in [6.45, 7) is 4.67. The van der Waals surface area contributed by atoms with Crippen LogP contribution in [-0.4, -0.2) is 18.4 Å². The maximum Gasteiger partial charge on any atom is 0.157 e. The molecular formula is C10H17NO. The summed E-state index contributed by atoms with van der Waals surface area (Å²) in [6, 6.07) is 0.726. The Balaban J connectivity index is 2.07. The summed E-state index contributed by atoms with van der Waals surface area (Å²) in [5.41, 5.74) is 0. The first-order chi connectivity index (χ1) is 5.70. The highest BCUT2D eigenvalue weighted by atomic mass is 16.1. The van der Waals surface area contributed by atoms with E-state index < -0.39 is 0 Å². The fraction of sp³-hybridized carbons (Fsp3) is 0.700. The largest absolute Gasteiger partial charge is 0.311 e. The van der Waals surface area contributed by atoms with E-state index in [0.717, 1.165) is 12.6 Å². The number of rotatable bonds is 5. The normalized spacial score (nSPS) is 17.6. The zero-order chi connectivity index (χ0) is 8.97. The molecule has 0 atom stereocenters. The minimum absolute atomic E-state index is 0.127. The van der Waals surface area contributed by atoms with Crippen LogP contribution in [0, 0.1) is 5.92 Å². The number of hydrogen-bond donors (Lipinski definition) is 1. The molecule has 0 aromatic heterocycles. The van der Waals surface area contributed by atoms with Crippen molar-refractivity contribution in [2.24, 2.45) is 5.92 Å². The van der Waals surface area contributed by atoms with Gasteiger partial charge in [-0.25, -0.2) is 0 Å². The second-order valence-corrected chi connectivity index (χ2v) is 3.64. The number of carbonyl (C=O) groups excluding carboxylic acids is 1. The third kappa shape index (κ3) is 3.67. The second-order valence-electron chi connectivity index (χ2n) is 3.64. The van der Waals surface area contributed by atoms with E-state index in [4.69, 9.17) is 0 Å². The number of nitrogens with one attached hydrogen (secondary N) is 1. The summed E-state index contributed by atoms with van der Waals surface area (Å²) >= 11 is 0. The molecule has 0 saturated heterocycles. The molecule has 2 nitrogen and oxygen atoms in total. The van der Waals surface area contributed by atoms with E-state index in [0.29, 0.717) is 0 Å². The van der Waals surface area contributed by atoms with Gasteiger partial charge in [0.25, 0.3) is 0 Å². The number of hydrogen-bond acceptors (Lipinski definition) is 2. The quantitative estimate of drug-likeness (QED) is 0.629. The summed E-state index contributed by atoms with van der Waals surface area (Å²) in [5, 5.41) is 3.31. The van der Waals surface area contributed by atoms with Gasteiger partial charge in [-0.2, -0.15) is 0 Å². The smallest absolute Gasteiger partial charge is 0.157 e. The molecule has 1 rings (SSSR count). The van der Waals surface area contributed by atoms with Crippen LogP contribution in [0.2, 0.25) is 0 Å². The van der Waals surface area contributed by atoms with E-state index >= 15 is 0 Å². The molecule has 0 bridgehead atoms. The summed E-state index contributed by atoms with van der Waals surface area (Å²) < 4.78 is 0. The Labute approximate surface area is 74.0 Å². The van der Waals surface area contributed by atoms with E-state index in [2.05, 4.69) is 5.32 Å². The molecule has 1 fully saturated rings. The first kappa shape index (κ1) is 9.46. The molecule has 0 unspecified atom stereocenters. The molecule has 12 heavy (non-hydrogen) atoms. The molecule has 0 heterocycles. The van der Waals surface area contributed by atoms with Gasteiger partial charge in [0, 0.05) is 18.5 Å². The van der Waals surface area contributed by atoms with Crippen LogP contribution in [0.3, 0.4) is 0 Å². The molecule has 1 aliphatic rings. The Hall–Kier alpha value is -0.630. The van der Waals surface area contributed by atoms with Gasteiger partial charge in [0.2, 0.25) is 0 Å². The van der Waals surface area contributed by atoms with Crippen molar-refractivity contribution in [3.05, 3.63) is 12.2 Å². The van der Waals surface area contributed by atoms with Crippen molar-refractivity contribution >= 4 is 5.78 Å². The minimum Gasteiger partial charge on any atom is -0.311 e. The molecule has 1 N–H and O–H groups in total. The fourth-order valence-electron chi connectivity index (χ4n) is 0.890. The van der Waals surface area contributed by atoms with Gasteiger partial charge in [-0.3, -0.25) is 4.79 Å². The molecule has 0 aromatic rings. The number of ketones is 1. The van der Waals surface area contributed by atoms with Crippen LogP contribution in [0.5, 0.6) is 0 Å². The number of carbonyl (C=O) groups is 1. The van der Waals surface area contributed by atoms with Crippen molar-refractivity contribution in [2.75, 3.05) is 6.54 Å². The maximum atomic E-state index is 11.1. The van der Waals surface area contributed by atoms with Crippen molar-refractivity contribution in [2.45, 2.75) is 32.7 Å². The van der Waals surface area contributed by atoms with Crippen LogP contribution < -0.4 is 5.32 Å². The highest BCUT2D eigenvalue weighted by molar-refractivity contribution is 5.91. The average molecular weight is 167 g/mol. The van der Waals surface area contributed by atoms with E-state index in [-0.39, 0.29) is 11.7 Å². The summed E-state index contributed by atoms with van der Waals surface area (Å²) in [5.74, 6) is 0.342. The summed E-state index contributed by atoms with van der Waals surface area (Å²) in [4.78, 5) is 11.1. The standard InChI is InChI=1S/C10H17NO/c1-8(2)10(12)4-3-7-11-9-5-6-9/h3-4,8-9,11H,5-7H2,1-2H3/b4-3+. The first-order valence-electron chi connectivity index (χ1n) is 4.64. The van der Waals surface area contributed by atoms with Crippen LogP contribution in [0.4, 0.5) is 0 Å². The Morgan fingerprint density at radius 2 is 2.25 bits per heavy atom. The number of allylic oxidation sites excluding steroid dienone is 1. The topological polar surface area (TPSA) is 29.1 Å². The Bertz CT molecular complexity index is 180. The van der Waals surface area contributed by atoms with Gasteiger partial charge in [0.1, 0.15) is 0 Å². The SMILES string of the molecule is CC(C)C(=O)/C=C/CNC1CC1. The fourth-order valence-corrected chi connectivity index (χ4v) is 0.890. The van der Waals surface area contributed by atoms with E-state index in [1.54, 1.807) is 6.08 Å². The third-order valence-corrected chi connectivity index (χ3v) is 1.95. The van der Waals surface area contributed by atoms with Gasteiger partial charge in [-0.05, 0) is 18.9 Å². The Kier molecular flexibility index (Phi) is 3.48. The molecule has 1 saturated carbocycles. The van der Waals surface area contributed by atoms with Crippen molar-refractivity contribution in [3.63, 3.8) is 0 Å². The maximum absolute atomic E-state index is 11.1. The zero-order valence-electron chi connectivity index (χ0n) is 7.84. The molecule has 0 amide bonds. The lowest BCUT2D eigenvalue weighted by atomic mass is 10.1. The molecule has 0 spiro atoms. The Morgan fingerprint density at radius 3 is 2.75 bits per heavy atom. The van der Waals surface area contributed by atoms with Crippen molar-refractivity contribution in [1.82, 2.24) is 5.32 Å². The van der Waals surface area contributed by atoms with E-state index in [1.165, 1.54) is 12.8 Å². The second kappa shape index (κ2) is 4.41. The van der Waals surface area contributed by atoms with Crippen LogP contribution in [0.25, 0.3) is 0 Å². The molecule has 0 aromatic carbocycles. The van der Waals surface area contributed by atoms with E-state index in [1.807, 2.05) is 19.9 Å². The summed E-state index contributed by atoms with van der Waals surface area (Å²) in [7, 11) is 0. The molecule has 68 valence electrons. The average Bonchev–Trinajstić information content (AvgIpc) is 2.80. The highest BCUT2D eigenvalue weighted by Gasteiger charge is 2.18. The Morgan fingerprint density at radius 1 is 1.58 bits per heavy atom. The lowest BCUT2D eigenvalue weighted by Gasteiger charge is -1.97. The zero-order valence-corrected chi connectivity index (χ0v) is 7.84. The predicted molar refractivity (Wildman–Crippen MR) is 50.0 cm³/mol. The predicted octanol–water partition coefficient (Wildman–Crippen LogP) is 1.52. The van der Waals surface area contributed by atoms with Crippen molar-refractivity contribution in [3.8, 4) is 0 Å². The minimum atomic E-state index is 0.127. The van der Waals surface area contributed by atoms with Crippen LogP contribution >= 0.6 is 0 Å². The van der Waals surface area contributed by atoms with Gasteiger partial charge < -0.3 is 5.32 Å². The van der Waals surface area contributed by atoms with Crippen LogP contribution in [0.1, 0.15) is 26.7 Å². The summed E-state index contributed by atoms with van der Waals surface area (Å²) in [6.07, 6.45) is 6.19. The van der Waals surface area contributed by atoms with Gasteiger partial charge in [0.15, 0.2) is 5.78 Å².